The fraction of sp³-hybridized carbons (Fsp3) is 0.500. The van der Waals surface area contributed by atoms with E-state index < -0.39 is 27.5 Å². The fourth-order valence-electron chi connectivity index (χ4n) is 2.60. The molecule has 2 aromatic rings. The van der Waals surface area contributed by atoms with Gasteiger partial charge in [0.15, 0.2) is 9.92 Å². The third kappa shape index (κ3) is 5.35. The van der Waals surface area contributed by atoms with Crippen LogP contribution in [0, 0.1) is 5.95 Å². The minimum atomic E-state index is -3.60. The van der Waals surface area contributed by atoms with Crippen LogP contribution in [0.25, 0.3) is 0 Å². The number of nitrogens with one attached hydrogen (secondary N) is 1. The van der Waals surface area contributed by atoms with Crippen LogP contribution in [0.4, 0.5) is 14.9 Å². The Kier molecular flexibility index (Phi) is 6.78. The van der Waals surface area contributed by atoms with Gasteiger partial charge in [-0.2, -0.15) is 4.39 Å². The topological polar surface area (TPSA) is 131 Å². The zero-order chi connectivity index (χ0) is 22.1. The number of aromatic nitrogens is 2. The van der Waals surface area contributed by atoms with Gasteiger partial charge in [0.2, 0.25) is 5.95 Å². The summed E-state index contributed by atoms with van der Waals surface area (Å²) >= 11 is 0.908. The molecule has 0 aliphatic rings. The molecule has 2 aromatic heterocycles. The van der Waals surface area contributed by atoms with Crippen LogP contribution in [0.2, 0.25) is 0 Å². The molecule has 8 nitrogen and oxygen atoms in total. The molecule has 29 heavy (non-hydrogen) atoms. The fourth-order valence-corrected chi connectivity index (χ4v) is 4.66. The zero-order valence-corrected chi connectivity index (χ0v) is 18.8. The maximum absolute atomic E-state index is 14.3. The van der Waals surface area contributed by atoms with Gasteiger partial charge in [-0.3, -0.25) is 0 Å². The van der Waals surface area contributed by atoms with Gasteiger partial charge < -0.3 is 10.4 Å². The highest BCUT2D eigenvalue weighted by atomic mass is 32.2. The van der Waals surface area contributed by atoms with Gasteiger partial charge in [-0.15, -0.1) is 15.7 Å². The number of aliphatic hydroxyl groups is 1. The van der Waals surface area contributed by atoms with Gasteiger partial charge in [0.05, 0.1) is 11.9 Å². The summed E-state index contributed by atoms with van der Waals surface area (Å²) in [6.45, 7) is 10.4. The Hall–Kier alpha value is -1.95. The summed E-state index contributed by atoms with van der Waals surface area (Å²) in [4.78, 5) is 20.3. The number of hydrogen-bond donors (Lipinski definition) is 3. The molecule has 0 unspecified atom stereocenters. The van der Waals surface area contributed by atoms with E-state index in [1.807, 2.05) is 13.8 Å². The average Bonchev–Trinajstić information content (AvgIpc) is 3.04. The van der Waals surface area contributed by atoms with Gasteiger partial charge in [0.1, 0.15) is 14.8 Å². The van der Waals surface area contributed by atoms with Crippen molar-refractivity contribution in [2.75, 3.05) is 5.32 Å². The van der Waals surface area contributed by atoms with Gasteiger partial charge in [-0.25, -0.2) is 24.1 Å². The number of nitrogens with zero attached hydrogens (tertiary/aromatic N) is 3. The summed E-state index contributed by atoms with van der Waals surface area (Å²) in [6, 6.07) is -0.967. The minimum Gasteiger partial charge on any atom is -0.383 e. The number of hydrogen-bond acceptors (Lipinski definition) is 6. The molecule has 2 amide bonds. The van der Waals surface area contributed by atoms with E-state index >= 15 is 0 Å². The third-order valence-corrected chi connectivity index (χ3v) is 7.23. The Morgan fingerprint density at radius 3 is 2.38 bits per heavy atom. The molecule has 0 aromatic carbocycles. The molecule has 11 heteroatoms. The molecule has 0 fully saturated rings. The molecule has 4 N–H and O–H groups in total. The molecule has 0 saturated carbocycles. The molecule has 2 heterocycles. The lowest BCUT2D eigenvalue weighted by Crippen LogP contribution is -2.19. The highest BCUT2D eigenvalue weighted by Crippen LogP contribution is 2.33. The van der Waals surface area contributed by atoms with E-state index in [4.69, 9.17) is 5.14 Å². The molecule has 0 aliphatic heterocycles. The van der Waals surface area contributed by atoms with Crippen molar-refractivity contribution in [1.29, 1.82) is 0 Å². The highest BCUT2D eigenvalue weighted by Gasteiger charge is 2.25. The molecule has 0 radical (unpaired) electrons. The number of nitrogens with two attached hydrogens (primary N) is 1. The lowest BCUT2D eigenvalue weighted by molar-refractivity contribution is 0.0783. The second-order valence-corrected chi connectivity index (χ2v) is 10.8. The van der Waals surface area contributed by atoms with Gasteiger partial charge in [-0.1, -0.05) is 27.7 Å². The quantitative estimate of drug-likeness (QED) is 0.599. The Morgan fingerprint density at radius 2 is 1.90 bits per heavy atom. The second kappa shape index (κ2) is 8.42. The first-order valence-corrected chi connectivity index (χ1v) is 11.4. The summed E-state index contributed by atoms with van der Waals surface area (Å²) in [7, 11) is -3.60. The maximum atomic E-state index is 14.3. The van der Waals surface area contributed by atoms with E-state index in [1.54, 1.807) is 13.8 Å². The van der Waals surface area contributed by atoms with Crippen LogP contribution in [0.15, 0.2) is 21.0 Å². The number of amides is 2. The highest BCUT2D eigenvalue weighted by molar-refractivity contribution is 7.93. The number of urea groups is 1. The Labute approximate surface area is 174 Å². The first-order chi connectivity index (χ1) is 13.2. The molecule has 160 valence electrons. The van der Waals surface area contributed by atoms with Crippen LogP contribution >= 0.6 is 11.3 Å². The van der Waals surface area contributed by atoms with Crippen molar-refractivity contribution in [2.45, 2.75) is 63.2 Å². The lowest BCUT2D eigenvalue weighted by Gasteiger charge is -2.19. The van der Waals surface area contributed by atoms with Crippen molar-refractivity contribution in [3.05, 3.63) is 34.5 Å². The van der Waals surface area contributed by atoms with E-state index in [0.717, 1.165) is 11.3 Å². The molecule has 0 spiro atoms. The molecular weight excluding hydrogens is 417 g/mol. The standard InChI is InChI=1S/C18H26FN5O3S2/c1-9(2)11-7-21-15(19)13(10(3)4)14(11)23-17(25)24-29(20,27)12-8-22-16(28-12)18(5,6)26/h7-10,26H,1-6H3,(H3,20,21,23,24,25,27)/t29-/m1/s1. The summed E-state index contributed by atoms with van der Waals surface area (Å²) in [5.41, 5.74) is -0.115. The Morgan fingerprint density at radius 1 is 1.28 bits per heavy atom. The van der Waals surface area contributed by atoms with Crippen LogP contribution in [0.5, 0.6) is 0 Å². The van der Waals surface area contributed by atoms with Crippen molar-refractivity contribution in [3.63, 3.8) is 0 Å². The number of rotatable bonds is 5. The van der Waals surface area contributed by atoms with E-state index in [2.05, 4.69) is 19.6 Å². The SMILES string of the molecule is CC(C)c1cnc(F)c(C(C)C)c1NC(=O)N=[S@@](N)(=O)c1cnc(C(C)(C)O)s1. The van der Waals surface area contributed by atoms with E-state index in [9.17, 15) is 18.5 Å². The van der Waals surface area contributed by atoms with E-state index in [0.29, 0.717) is 10.6 Å². The van der Waals surface area contributed by atoms with Gasteiger partial charge in [-0.05, 0) is 31.2 Å². The van der Waals surface area contributed by atoms with Crippen LogP contribution in [0.3, 0.4) is 0 Å². The van der Waals surface area contributed by atoms with Crippen molar-refractivity contribution in [3.8, 4) is 0 Å². The number of carbonyl (C=O) groups is 1. The molecule has 1 atom stereocenters. The normalized spacial score (nSPS) is 14.2. The van der Waals surface area contributed by atoms with Gasteiger partial charge in [0.25, 0.3) is 0 Å². The summed E-state index contributed by atoms with van der Waals surface area (Å²) < 4.78 is 30.7. The van der Waals surface area contributed by atoms with Gasteiger partial charge in [0, 0.05) is 11.8 Å². The summed E-state index contributed by atoms with van der Waals surface area (Å²) in [6.07, 6.45) is 2.59. The molecule has 0 bridgehead atoms. The van der Waals surface area contributed by atoms with Crippen LogP contribution in [0.1, 0.15) is 69.5 Å². The summed E-state index contributed by atoms with van der Waals surface area (Å²) in [5, 5.41) is 18.6. The Balaban J connectivity index is 2.46. The monoisotopic (exact) mass is 443 g/mol. The first kappa shape index (κ1) is 23.3. The van der Waals surface area contributed by atoms with Crippen LogP contribution in [-0.4, -0.2) is 25.3 Å². The number of thiazole rings is 1. The van der Waals surface area contributed by atoms with Gasteiger partial charge >= 0.3 is 6.03 Å². The van der Waals surface area contributed by atoms with E-state index in [1.165, 1.54) is 26.2 Å². The maximum Gasteiger partial charge on any atom is 0.354 e. The number of carbonyl (C=O) groups excluding carboxylic acids is 1. The average molecular weight is 444 g/mol. The molecule has 0 saturated heterocycles. The summed E-state index contributed by atoms with van der Waals surface area (Å²) in [5.74, 6) is -0.992. The first-order valence-electron chi connectivity index (χ1n) is 8.97. The third-order valence-electron chi connectivity index (χ3n) is 4.04. The van der Waals surface area contributed by atoms with Crippen molar-refractivity contribution < 1.29 is 18.5 Å². The largest absolute Gasteiger partial charge is 0.383 e. The van der Waals surface area contributed by atoms with Crippen LogP contribution < -0.4 is 10.5 Å². The zero-order valence-electron chi connectivity index (χ0n) is 17.2. The second-order valence-electron chi connectivity index (χ2n) is 7.74. The minimum absolute atomic E-state index is 0.0472. The molecular formula is C18H26FN5O3S2. The van der Waals surface area contributed by atoms with E-state index in [-0.39, 0.29) is 27.3 Å². The van der Waals surface area contributed by atoms with Crippen molar-refractivity contribution >= 4 is 33.0 Å². The molecule has 0 aliphatic carbocycles. The smallest absolute Gasteiger partial charge is 0.354 e. The Bertz CT molecular complexity index is 1030. The van der Waals surface area contributed by atoms with Crippen LogP contribution in [-0.2, 0) is 15.5 Å². The van der Waals surface area contributed by atoms with Crippen molar-refractivity contribution in [1.82, 2.24) is 9.97 Å². The molecule has 2 rings (SSSR count). The predicted molar refractivity (Wildman–Crippen MR) is 112 cm³/mol. The number of halogens is 1. The predicted octanol–water partition coefficient (Wildman–Crippen LogP) is 4.08. The van der Waals surface area contributed by atoms with Crippen molar-refractivity contribution in [2.24, 2.45) is 9.50 Å². The number of pyridine rings is 1. The lowest BCUT2D eigenvalue weighted by atomic mass is 9.95. The number of anilines is 1.